The summed E-state index contributed by atoms with van der Waals surface area (Å²) in [5.74, 6) is 1.31. The number of para-hydroxylation sites is 1. The molecule has 0 unspecified atom stereocenters. The van der Waals surface area contributed by atoms with Gasteiger partial charge in [0.15, 0.2) is 5.82 Å². The normalized spacial score (nSPS) is 10.8. The Hall–Kier alpha value is -3.23. The molecule has 2 heterocycles. The maximum absolute atomic E-state index is 12.6. The van der Waals surface area contributed by atoms with Crippen LogP contribution in [0.15, 0.2) is 72.1 Å². The number of aromatic nitrogens is 4. The van der Waals surface area contributed by atoms with Crippen molar-refractivity contribution in [3.8, 4) is 17.1 Å². The summed E-state index contributed by atoms with van der Waals surface area (Å²) in [6, 6.07) is 16.9. The summed E-state index contributed by atoms with van der Waals surface area (Å²) in [5, 5.41) is 12.8. The van der Waals surface area contributed by atoms with Gasteiger partial charge < -0.3 is 10.1 Å². The first kappa shape index (κ1) is 21.0. The van der Waals surface area contributed by atoms with Crippen LogP contribution >= 0.6 is 23.4 Å². The number of halogens is 1. The highest BCUT2D eigenvalue weighted by atomic mass is 35.5. The zero-order valence-corrected chi connectivity index (χ0v) is 18.5. The molecule has 31 heavy (non-hydrogen) atoms. The van der Waals surface area contributed by atoms with Crippen molar-refractivity contribution >= 4 is 35.0 Å². The molecule has 0 aliphatic rings. The first-order chi connectivity index (χ1) is 15.1. The van der Waals surface area contributed by atoms with Gasteiger partial charge in [0.2, 0.25) is 11.1 Å². The SMILES string of the molecule is COc1ccccc1-c1nnc(SCC(=O)Nc2cccc(Cl)c2C)n1-n1cccc1. The van der Waals surface area contributed by atoms with Crippen molar-refractivity contribution < 1.29 is 9.53 Å². The van der Waals surface area contributed by atoms with Crippen LogP contribution in [-0.2, 0) is 4.79 Å². The summed E-state index contributed by atoms with van der Waals surface area (Å²) < 4.78 is 9.21. The molecule has 0 saturated heterocycles. The van der Waals surface area contributed by atoms with Crippen molar-refractivity contribution in [2.24, 2.45) is 0 Å². The fraction of sp³-hybridized carbons (Fsp3) is 0.136. The molecule has 4 aromatic rings. The van der Waals surface area contributed by atoms with Gasteiger partial charge in [-0.05, 0) is 48.9 Å². The van der Waals surface area contributed by atoms with Crippen LogP contribution in [0, 0.1) is 6.92 Å². The van der Waals surface area contributed by atoms with Crippen LogP contribution in [0.1, 0.15) is 5.56 Å². The van der Waals surface area contributed by atoms with Gasteiger partial charge in [-0.1, -0.05) is 41.6 Å². The molecular weight excluding hydrogens is 434 g/mol. The molecule has 0 spiro atoms. The summed E-state index contributed by atoms with van der Waals surface area (Å²) in [6.45, 7) is 1.87. The Balaban J connectivity index is 1.60. The summed E-state index contributed by atoms with van der Waals surface area (Å²) in [5.41, 5.74) is 2.33. The molecule has 0 saturated carbocycles. The van der Waals surface area contributed by atoms with Crippen LogP contribution in [0.2, 0.25) is 5.02 Å². The van der Waals surface area contributed by atoms with E-state index in [0.717, 1.165) is 11.1 Å². The molecule has 0 aliphatic heterocycles. The van der Waals surface area contributed by atoms with Gasteiger partial charge in [0.1, 0.15) is 5.75 Å². The van der Waals surface area contributed by atoms with Crippen molar-refractivity contribution in [1.29, 1.82) is 0 Å². The molecule has 2 aromatic heterocycles. The molecule has 9 heteroatoms. The van der Waals surface area contributed by atoms with E-state index in [1.54, 1.807) is 19.2 Å². The second-order valence-corrected chi connectivity index (χ2v) is 7.98. The first-order valence-corrected chi connectivity index (χ1v) is 10.8. The molecular formula is C22H20ClN5O2S. The Kier molecular flexibility index (Phi) is 6.29. The van der Waals surface area contributed by atoms with Crippen molar-refractivity contribution in [2.75, 3.05) is 18.2 Å². The van der Waals surface area contributed by atoms with E-state index in [1.165, 1.54) is 11.8 Å². The average Bonchev–Trinajstić information content (AvgIpc) is 3.45. The van der Waals surface area contributed by atoms with Gasteiger partial charge in [0.05, 0.1) is 18.4 Å². The number of nitrogens with zero attached hydrogens (tertiary/aromatic N) is 4. The Morgan fingerprint density at radius 1 is 1.10 bits per heavy atom. The maximum Gasteiger partial charge on any atom is 0.234 e. The number of rotatable bonds is 7. The highest BCUT2D eigenvalue weighted by Crippen LogP contribution is 2.31. The molecule has 0 radical (unpaired) electrons. The van der Waals surface area contributed by atoms with Gasteiger partial charge in [0.25, 0.3) is 0 Å². The minimum atomic E-state index is -0.156. The molecule has 7 nitrogen and oxygen atoms in total. The second kappa shape index (κ2) is 9.28. The third-order valence-corrected chi connectivity index (χ3v) is 5.98. The van der Waals surface area contributed by atoms with E-state index in [9.17, 15) is 4.79 Å². The predicted octanol–water partition coefficient (Wildman–Crippen LogP) is 4.76. The molecule has 158 valence electrons. The zero-order valence-electron chi connectivity index (χ0n) is 16.9. The molecule has 0 atom stereocenters. The Labute approximate surface area is 189 Å². The fourth-order valence-corrected chi connectivity index (χ4v) is 3.99. The van der Waals surface area contributed by atoms with E-state index >= 15 is 0 Å². The van der Waals surface area contributed by atoms with E-state index in [2.05, 4.69) is 15.5 Å². The first-order valence-electron chi connectivity index (χ1n) is 9.48. The van der Waals surface area contributed by atoms with Crippen LogP contribution in [0.25, 0.3) is 11.4 Å². The van der Waals surface area contributed by atoms with Crippen LogP contribution in [-0.4, -0.2) is 38.3 Å². The van der Waals surface area contributed by atoms with Crippen molar-refractivity contribution in [3.05, 3.63) is 77.6 Å². The number of carbonyl (C=O) groups is 1. The van der Waals surface area contributed by atoms with E-state index < -0.39 is 0 Å². The van der Waals surface area contributed by atoms with Gasteiger partial charge in [-0.15, -0.1) is 10.2 Å². The van der Waals surface area contributed by atoms with Crippen molar-refractivity contribution in [1.82, 2.24) is 19.5 Å². The third-order valence-electron chi connectivity index (χ3n) is 4.65. The summed E-state index contributed by atoms with van der Waals surface area (Å²) in [4.78, 5) is 12.6. The topological polar surface area (TPSA) is 74.0 Å². The second-order valence-electron chi connectivity index (χ2n) is 6.63. The van der Waals surface area contributed by atoms with Gasteiger partial charge in [-0.25, -0.2) is 4.68 Å². The van der Waals surface area contributed by atoms with Crippen LogP contribution < -0.4 is 10.1 Å². The van der Waals surface area contributed by atoms with Crippen LogP contribution in [0.3, 0.4) is 0 Å². The smallest absolute Gasteiger partial charge is 0.234 e. The highest BCUT2D eigenvalue weighted by molar-refractivity contribution is 7.99. The molecule has 4 rings (SSSR count). The number of methoxy groups -OCH3 is 1. The summed E-state index contributed by atoms with van der Waals surface area (Å²) in [6.07, 6.45) is 3.78. The molecule has 2 aromatic carbocycles. The van der Waals surface area contributed by atoms with Crippen LogP contribution in [0.4, 0.5) is 5.69 Å². The Morgan fingerprint density at radius 2 is 1.87 bits per heavy atom. The number of anilines is 1. The van der Waals surface area contributed by atoms with Gasteiger partial charge >= 0.3 is 0 Å². The number of hydrogen-bond acceptors (Lipinski definition) is 5. The minimum Gasteiger partial charge on any atom is -0.496 e. The summed E-state index contributed by atoms with van der Waals surface area (Å²) in [7, 11) is 1.62. The van der Waals surface area contributed by atoms with Gasteiger partial charge in [0, 0.05) is 23.1 Å². The lowest BCUT2D eigenvalue weighted by Gasteiger charge is -2.13. The Bertz CT molecular complexity index is 1210. The molecule has 0 bridgehead atoms. The monoisotopic (exact) mass is 453 g/mol. The number of amides is 1. The average molecular weight is 454 g/mol. The number of carbonyl (C=O) groups excluding carboxylic acids is 1. The lowest BCUT2D eigenvalue weighted by Crippen LogP contribution is -2.16. The summed E-state index contributed by atoms with van der Waals surface area (Å²) >= 11 is 7.44. The number of benzene rings is 2. The highest BCUT2D eigenvalue weighted by Gasteiger charge is 2.19. The van der Waals surface area contributed by atoms with Gasteiger partial charge in [-0.2, -0.15) is 0 Å². The van der Waals surface area contributed by atoms with E-state index in [4.69, 9.17) is 16.3 Å². The molecule has 1 N–H and O–H groups in total. The largest absolute Gasteiger partial charge is 0.496 e. The quantitative estimate of drug-likeness (QED) is 0.408. The third kappa shape index (κ3) is 4.45. The fourth-order valence-electron chi connectivity index (χ4n) is 3.08. The predicted molar refractivity (Wildman–Crippen MR) is 123 cm³/mol. The minimum absolute atomic E-state index is 0.156. The van der Waals surface area contributed by atoms with Crippen molar-refractivity contribution in [2.45, 2.75) is 12.1 Å². The van der Waals surface area contributed by atoms with Crippen LogP contribution in [0.5, 0.6) is 5.75 Å². The number of thioether (sulfide) groups is 1. The molecule has 0 aliphatic carbocycles. The molecule has 1 amide bonds. The Morgan fingerprint density at radius 3 is 2.65 bits per heavy atom. The molecule has 0 fully saturated rings. The lowest BCUT2D eigenvalue weighted by molar-refractivity contribution is -0.113. The maximum atomic E-state index is 12.6. The van der Waals surface area contributed by atoms with E-state index in [-0.39, 0.29) is 11.7 Å². The van der Waals surface area contributed by atoms with E-state index in [0.29, 0.717) is 27.4 Å². The number of nitrogens with one attached hydrogen (secondary N) is 1. The standard InChI is InChI=1S/C22H20ClN5O2S/c1-15-17(23)9-7-10-18(15)24-20(29)14-31-22-26-25-21(28(22)27-12-5-6-13-27)16-8-3-4-11-19(16)30-2/h3-13H,14H2,1-2H3,(H,24,29). The van der Waals surface area contributed by atoms with Gasteiger partial charge in [-0.3, -0.25) is 9.47 Å². The number of hydrogen-bond donors (Lipinski definition) is 1. The van der Waals surface area contributed by atoms with Crippen molar-refractivity contribution in [3.63, 3.8) is 0 Å². The zero-order chi connectivity index (χ0) is 21.8. The number of ether oxygens (including phenoxy) is 1. The van der Waals surface area contributed by atoms with E-state index in [1.807, 2.05) is 71.1 Å². The lowest BCUT2D eigenvalue weighted by atomic mass is 10.2.